The molecule has 0 radical (unpaired) electrons. The number of rotatable bonds is 12. The number of hydrogen-bond acceptors (Lipinski definition) is 10. The fourth-order valence-electron chi connectivity index (χ4n) is 6.59. The van der Waals surface area contributed by atoms with E-state index in [1.807, 2.05) is 13.8 Å². The van der Waals surface area contributed by atoms with E-state index in [2.05, 4.69) is 26.1 Å². The Kier molecular flexibility index (Phi) is 10.9. The van der Waals surface area contributed by atoms with Crippen LogP contribution >= 0.6 is 0 Å². The summed E-state index contributed by atoms with van der Waals surface area (Å²) >= 11 is 0. The molecule has 1 saturated heterocycles. The summed E-state index contributed by atoms with van der Waals surface area (Å²) in [6.07, 6.45) is 0.249. The lowest BCUT2D eigenvalue weighted by molar-refractivity contribution is -0.137. The van der Waals surface area contributed by atoms with E-state index in [1.165, 1.54) is 39.6 Å². The van der Waals surface area contributed by atoms with Gasteiger partial charge in [0.05, 0.1) is 5.56 Å². The molecule has 1 fully saturated rings. The number of amides is 6. The molecule has 6 amide bonds. The predicted octanol–water partition coefficient (Wildman–Crippen LogP) is 3.03. The highest BCUT2D eigenvalue weighted by molar-refractivity contribution is 6.07. The zero-order valence-corrected chi connectivity index (χ0v) is 30.3. The van der Waals surface area contributed by atoms with Gasteiger partial charge in [-0.05, 0) is 60.4 Å². The first kappa shape index (κ1) is 38.1. The number of aromatic nitrogens is 3. The number of halogens is 1. The molecule has 5 N–H and O–H groups in total. The highest BCUT2D eigenvalue weighted by Gasteiger charge is 2.40. The third-order valence-electron chi connectivity index (χ3n) is 9.50. The van der Waals surface area contributed by atoms with Gasteiger partial charge in [0.15, 0.2) is 5.82 Å². The molecule has 286 valence electrons. The monoisotopic (exact) mass is 754 g/mol. The number of alkyl halides is 1. The number of phenols is 2. The van der Waals surface area contributed by atoms with Crippen LogP contribution in [0.2, 0.25) is 0 Å². The fourth-order valence-corrected chi connectivity index (χ4v) is 6.59. The average molecular weight is 755 g/mol. The molecular weight excluding hydrogens is 715 g/mol. The van der Waals surface area contributed by atoms with Gasteiger partial charge in [0.1, 0.15) is 24.2 Å². The molecule has 0 bridgehead atoms. The molecule has 0 aliphatic carbocycles. The molecule has 4 aromatic rings. The summed E-state index contributed by atoms with van der Waals surface area (Å²) in [5.74, 6) is -3.55. The smallest absolute Gasteiger partial charge is 0.289 e. The van der Waals surface area contributed by atoms with Crippen molar-refractivity contribution >= 4 is 41.1 Å². The minimum atomic E-state index is -0.810. The van der Waals surface area contributed by atoms with E-state index in [0.717, 1.165) is 0 Å². The lowest BCUT2D eigenvalue weighted by atomic mass is 9.98. The van der Waals surface area contributed by atoms with Crippen LogP contribution in [-0.2, 0) is 20.9 Å². The Bertz CT molecular complexity index is 2200. The standard InChI is InChI=1S/C38H39FN8O8/c1-20(2)24-17-25(30(49)18-29(24)48)33-43-44-34(36(53)40-15-14-39)47(33)22-9-7-21(8-10-22)37(54)45(3)16-13-32(51)41-27-6-4-5-23-26(27)19-46(38(23)55)28-11-12-31(50)42-35(28)52/h4-10,17-18,20,28,48-49H,11-16,19H2,1-3H3,(H,40,53)(H,41,51)(H,42,50,52). The number of carbonyl (C=O) groups is 6. The molecule has 16 nitrogen and oxygen atoms in total. The summed E-state index contributed by atoms with van der Waals surface area (Å²) < 4.78 is 14.3. The van der Waals surface area contributed by atoms with Gasteiger partial charge in [-0.2, -0.15) is 0 Å². The van der Waals surface area contributed by atoms with Gasteiger partial charge in [0.25, 0.3) is 17.7 Å². The molecule has 1 unspecified atom stereocenters. The molecule has 17 heteroatoms. The van der Waals surface area contributed by atoms with Crippen molar-refractivity contribution in [3.63, 3.8) is 0 Å². The number of nitrogens with one attached hydrogen (secondary N) is 3. The molecule has 2 aliphatic rings. The molecule has 3 aromatic carbocycles. The first-order valence-electron chi connectivity index (χ1n) is 17.6. The average Bonchev–Trinajstić information content (AvgIpc) is 3.74. The third-order valence-corrected chi connectivity index (χ3v) is 9.50. The van der Waals surface area contributed by atoms with Gasteiger partial charge in [-0.15, -0.1) is 10.2 Å². The van der Waals surface area contributed by atoms with E-state index in [1.54, 1.807) is 36.4 Å². The van der Waals surface area contributed by atoms with Crippen LogP contribution in [0.1, 0.15) is 81.5 Å². The maximum atomic E-state index is 13.4. The lowest BCUT2D eigenvalue weighted by Gasteiger charge is -2.29. The van der Waals surface area contributed by atoms with Crippen molar-refractivity contribution in [3.05, 3.63) is 82.7 Å². The maximum absolute atomic E-state index is 13.4. The van der Waals surface area contributed by atoms with Gasteiger partial charge in [0.2, 0.25) is 23.5 Å². The summed E-state index contributed by atoms with van der Waals surface area (Å²) in [4.78, 5) is 79.4. The van der Waals surface area contributed by atoms with Gasteiger partial charge in [-0.3, -0.25) is 38.7 Å². The Morgan fingerprint density at radius 3 is 2.45 bits per heavy atom. The van der Waals surface area contributed by atoms with Crippen LogP contribution < -0.4 is 16.0 Å². The molecule has 1 atom stereocenters. The molecule has 0 spiro atoms. The number of fused-ring (bicyclic) bond motifs is 1. The van der Waals surface area contributed by atoms with Crippen LogP contribution in [0.5, 0.6) is 11.5 Å². The number of nitrogens with zero attached hydrogens (tertiary/aromatic N) is 5. The van der Waals surface area contributed by atoms with E-state index in [9.17, 15) is 43.4 Å². The van der Waals surface area contributed by atoms with Crippen LogP contribution in [0.25, 0.3) is 17.1 Å². The van der Waals surface area contributed by atoms with Gasteiger partial charge in [0, 0.05) is 73.7 Å². The highest BCUT2D eigenvalue weighted by Crippen LogP contribution is 2.38. The van der Waals surface area contributed by atoms with E-state index in [4.69, 9.17) is 0 Å². The Morgan fingerprint density at radius 2 is 1.76 bits per heavy atom. The summed E-state index contributed by atoms with van der Waals surface area (Å²) in [5.41, 5.74) is 2.60. The number of phenolic OH excluding ortho intramolecular Hbond substituents is 2. The molecule has 2 aliphatic heterocycles. The van der Waals surface area contributed by atoms with Crippen molar-refractivity contribution in [1.29, 1.82) is 0 Å². The van der Waals surface area contributed by atoms with Crippen LogP contribution in [0.15, 0.2) is 54.6 Å². The molecule has 0 saturated carbocycles. The fraction of sp³-hybridized carbons (Fsp3) is 0.316. The van der Waals surface area contributed by atoms with E-state index in [0.29, 0.717) is 28.1 Å². The van der Waals surface area contributed by atoms with Crippen LogP contribution in [0.3, 0.4) is 0 Å². The summed E-state index contributed by atoms with van der Waals surface area (Å²) in [5, 5.41) is 36.8. The molecule has 3 heterocycles. The SMILES string of the molecule is CC(C)c1cc(-c2nnc(C(=O)NCCF)n2-c2ccc(C(=O)N(C)CCC(=O)Nc3cccc4c3CN(C3CCC(=O)NC3=O)C4=O)cc2)c(O)cc1O. The van der Waals surface area contributed by atoms with Gasteiger partial charge < -0.3 is 30.6 Å². The Hall–Kier alpha value is -6.65. The van der Waals surface area contributed by atoms with Gasteiger partial charge in [-0.1, -0.05) is 19.9 Å². The summed E-state index contributed by atoms with van der Waals surface area (Å²) in [6, 6.07) is 12.9. The molecule has 55 heavy (non-hydrogen) atoms. The quantitative estimate of drug-likeness (QED) is 0.133. The van der Waals surface area contributed by atoms with Crippen molar-refractivity contribution in [1.82, 2.24) is 35.2 Å². The van der Waals surface area contributed by atoms with Crippen molar-refractivity contribution in [2.24, 2.45) is 0 Å². The second kappa shape index (κ2) is 15.8. The number of carbonyl (C=O) groups excluding carboxylic acids is 6. The number of piperidine rings is 1. The predicted molar refractivity (Wildman–Crippen MR) is 195 cm³/mol. The first-order valence-corrected chi connectivity index (χ1v) is 17.6. The Labute approximate surface area is 314 Å². The topological polar surface area (TPSA) is 216 Å². The molecular formula is C38H39FN8O8. The second-order valence-corrected chi connectivity index (χ2v) is 13.5. The molecule has 6 rings (SSSR count). The second-order valence-electron chi connectivity index (χ2n) is 13.5. The van der Waals surface area contributed by atoms with Crippen LogP contribution in [0, 0.1) is 0 Å². The van der Waals surface area contributed by atoms with Gasteiger partial charge in [-0.25, -0.2) is 4.39 Å². The summed E-state index contributed by atoms with van der Waals surface area (Å²) in [6.45, 7) is 2.75. The van der Waals surface area contributed by atoms with Gasteiger partial charge >= 0.3 is 0 Å². The lowest BCUT2D eigenvalue weighted by Crippen LogP contribution is -2.52. The number of hydrogen-bond donors (Lipinski definition) is 5. The number of anilines is 1. The first-order chi connectivity index (χ1) is 26.3. The van der Waals surface area contributed by atoms with Crippen molar-refractivity contribution < 1.29 is 43.4 Å². The van der Waals surface area contributed by atoms with Crippen molar-refractivity contribution in [2.45, 2.75) is 51.6 Å². The highest BCUT2D eigenvalue weighted by atomic mass is 19.1. The van der Waals surface area contributed by atoms with Crippen molar-refractivity contribution in [3.8, 4) is 28.6 Å². The normalized spacial score (nSPS) is 15.2. The van der Waals surface area contributed by atoms with E-state index in [-0.39, 0.29) is 90.9 Å². The molecule has 1 aromatic heterocycles. The Morgan fingerprint density at radius 1 is 1.02 bits per heavy atom. The zero-order valence-electron chi connectivity index (χ0n) is 30.3. The summed E-state index contributed by atoms with van der Waals surface area (Å²) in [7, 11) is 1.53. The number of aromatic hydroxyl groups is 2. The van der Waals surface area contributed by atoms with Crippen LogP contribution in [0.4, 0.5) is 10.1 Å². The largest absolute Gasteiger partial charge is 0.508 e. The van der Waals surface area contributed by atoms with E-state index >= 15 is 0 Å². The van der Waals surface area contributed by atoms with Crippen LogP contribution in [-0.4, -0.2) is 103 Å². The minimum absolute atomic E-state index is 0.0373. The van der Waals surface area contributed by atoms with Crippen molar-refractivity contribution in [2.75, 3.05) is 32.1 Å². The number of benzene rings is 3. The zero-order chi connectivity index (χ0) is 39.6. The third kappa shape index (κ3) is 7.71. The Balaban J connectivity index is 1.15. The van der Waals surface area contributed by atoms with E-state index < -0.39 is 36.3 Å². The minimum Gasteiger partial charge on any atom is -0.508 e. The number of imide groups is 1. The maximum Gasteiger partial charge on any atom is 0.289 e.